The number of sulfonamides is 1. The fourth-order valence-corrected chi connectivity index (χ4v) is 4.67. The van der Waals surface area contributed by atoms with Crippen molar-refractivity contribution in [3.8, 4) is 0 Å². The number of halogens is 1. The van der Waals surface area contributed by atoms with Crippen LogP contribution in [-0.2, 0) is 14.8 Å². The van der Waals surface area contributed by atoms with Crippen LogP contribution in [0.2, 0.25) is 5.02 Å². The van der Waals surface area contributed by atoms with E-state index in [0.717, 1.165) is 5.56 Å². The minimum Gasteiger partial charge on any atom is -0.481 e. The van der Waals surface area contributed by atoms with Crippen LogP contribution in [0.5, 0.6) is 0 Å². The van der Waals surface area contributed by atoms with Gasteiger partial charge in [0.25, 0.3) is 0 Å². The maximum atomic E-state index is 12.6. The van der Waals surface area contributed by atoms with E-state index in [9.17, 15) is 13.2 Å². The number of hydrogen-bond donors (Lipinski definition) is 2. The van der Waals surface area contributed by atoms with Gasteiger partial charge in [-0.1, -0.05) is 31.5 Å². The van der Waals surface area contributed by atoms with E-state index in [1.54, 1.807) is 12.1 Å². The van der Waals surface area contributed by atoms with Gasteiger partial charge in [0, 0.05) is 6.04 Å². The fraction of sp³-hybridized carbons (Fsp3) is 0.562. The first kappa shape index (κ1) is 18.2. The van der Waals surface area contributed by atoms with E-state index in [2.05, 4.69) is 4.72 Å². The zero-order valence-corrected chi connectivity index (χ0v) is 14.8. The molecule has 1 aromatic rings. The Morgan fingerprint density at radius 1 is 1.26 bits per heavy atom. The third kappa shape index (κ3) is 4.46. The Labute approximate surface area is 142 Å². The lowest BCUT2D eigenvalue weighted by Crippen LogP contribution is -2.38. The van der Waals surface area contributed by atoms with E-state index < -0.39 is 16.0 Å². The van der Waals surface area contributed by atoms with Gasteiger partial charge in [-0.2, -0.15) is 0 Å². The van der Waals surface area contributed by atoms with Crippen LogP contribution in [0.3, 0.4) is 0 Å². The lowest BCUT2D eigenvalue weighted by Gasteiger charge is -2.26. The molecule has 1 aromatic carbocycles. The Bertz CT molecular complexity index is 679. The van der Waals surface area contributed by atoms with Crippen molar-refractivity contribution in [2.24, 2.45) is 5.92 Å². The molecule has 0 aromatic heterocycles. The van der Waals surface area contributed by atoms with Crippen molar-refractivity contribution in [2.45, 2.75) is 56.4 Å². The number of carbonyl (C=O) groups is 1. The quantitative estimate of drug-likeness (QED) is 0.844. The summed E-state index contributed by atoms with van der Waals surface area (Å²) in [6.45, 7) is 3.97. The Morgan fingerprint density at radius 2 is 1.87 bits per heavy atom. The predicted molar refractivity (Wildman–Crippen MR) is 89.2 cm³/mol. The van der Waals surface area contributed by atoms with Crippen molar-refractivity contribution in [1.82, 2.24) is 4.72 Å². The second-order valence-electron chi connectivity index (χ2n) is 6.35. The molecule has 1 saturated carbocycles. The molecule has 2 N–H and O–H groups in total. The van der Waals surface area contributed by atoms with Crippen molar-refractivity contribution in [3.63, 3.8) is 0 Å². The lowest BCUT2D eigenvalue weighted by molar-refractivity contribution is -0.142. The SMILES string of the molecule is CC(C)c1ccc(Cl)c(S(=O)(=O)NC2CCC(C(=O)O)CC2)c1. The van der Waals surface area contributed by atoms with Crippen LogP contribution >= 0.6 is 11.6 Å². The average molecular weight is 360 g/mol. The average Bonchev–Trinajstić information content (AvgIpc) is 2.47. The third-order valence-corrected chi connectivity index (χ3v) is 6.31. The summed E-state index contributed by atoms with van der Waals surface area (Å²) in [5.74, 6) is -0.977. The molecule has 0 heterocycles. The molecule has 0 radical (unpaired) electrons. The molecule has 0 unspecified atom stereocenters. The van der Waals surface area contributed by atoms with E-state index in [0.29, 0.717) is 25.7 Å². The fourth-order valence-electron chi connectivity index (χ4n) is 2.83. The van der Waals surface area contributed by atoms with Crippen LogP contribution < -0.4 is 4.72 Å². The van der Waals surface area contributed by atoms with Crippen LogP contribution in [-0.4, -0.2) is 25.5 Å². The van der Waals surface area contributed by atoms with Gasteiger partial charge in [0.2, 0.25) is 10.0 Å². The maximum Gasteiger partial charge on any atom is 0.306 e. The van der Waals surface area contributed by atoms with Gasteiger partial charge in [0.05, 0.1) is 10.9 Å². The van der Waals surface area contributed by atoms with Gasteiger partial charge in [-0.05, 0) is 49.3 Å². The largest absolute Gasteiger partial charge is 0.481 e. The van der Waals surface area contributed by atoms with E-state index in [-0.39, 0.29) is 27.8 Å². The first-order valence-corrected chi connectivity index (χ1v) is 9.61. The van der Waals surface area contributed by atoms with E-state index >= 15 is 0 Å². The minimum atomic E-state index is -3.71. The summed E-state index contributed by atoms with van der Waals surface area (Å²) in [7, 11) is -3.71. The summed E-state index contributed by atoms with van der Waals surface area (Å²) in [6.07, 6.45) is 2.03. The number of hydrogen-bond acceptors (Lipinski definition) is 3. The van der Waals surface area contributed by atoms with Crippen molar-refractivity contribution < 1.29 is 18.3 Å². The molecule has 0 saturated heterocycles. The smallest absolute Gasteiger partial charge is 0.306 e. The standard InChI is InChI=1S/C16H22ClNO4S/c1-10(2)12-5-8-14(17)15(9-12)23(21,22)18-13-6-3-11(4-7-13)16(19)20/h5,8-11,13,18H,3-4,6-7H2,1-2H3,(H,19,20). The summed E-state index contributed by atoms with van der Waals surface area (Å²) >= 11 is 6.07. The minimum absolute atomic E-state index is 0.0886. The van der Waals surface area contributed by atoms with Gasteiger partial charge >= 0.3 is 5.97 Å². The highest BCUT2D eigenvalue weighted by molar-refractivity contribution is 7.89. The Balaban J connectivity index is 2.14. The van der Waals surface area contributed by atoms with Crippen LogP contribution in [0.25, 0.3) is 0 Å². The van der Waals surface area contributed by atoms with Crippen molar-refractivity contribution in [2.75, 3.05) is 0 Å². The number of rotatable bonds is 5. The van der Waals surface area contributed by atoms with Gasteiger partial charge in [0.15, 0.2) is 0 Å². The summed E-state index contributed by atoms with van der Waals surface area (Å²) in [5.41, 5.74) is 0.907. The summed E-state index contributed by atoms with van der Waals surface area (Å²) in [6, 6.07) is 4.80. The van der Waals surface area contributed by atoms with Crippen molar-refractivity contribution in [3.05, 3.63) is 28.8 Å². The number of nitrogens with one attached hydrogen (secondary N) is 1. The molecule has 0 atom stereocenters. The number of benzene rings is 1. The topological polar surface area (TPSA) is 83.5 Å². The van der Waals surface area contributed by atoms with Gasteiger partial charge < -0.3 is 5.11 Å². The predicted octanol–water partition coefficient (Wildman–Crippen LogP) is 3.39. The van der Waals surface area contributed by atoms with Gasteiger partial charge in [0.1, 0.15) is 4.90 Å². The molecule has 1 aliphatic rings. The molecule has 5 nitrogen and oxygen atoms in total. The zero-order chi connectivity index (χ0) is 17.2. The maximum absolute atomic E-state index is 12.6. The normalized spacial score (nSPS) is 22.3. The molecule has 128 valence electrons. The number of carboxylic acids is 1. The molecule has 0 bridgehead atoms. The molecule has 0 aliphatic heterocycles. The highest BCUT2D eigenvalue weighted by Crippen LogP contribution is 2.29. The van der Waals surface area contributed by atoms with E-state index in [4.69, 9.17) is 16.7 Å². The highest BCUT2D eigenvalue weighted by Gasteiger charge is 2.29. The molecule has 1 fully saturated rings. The van der Waals surface area contributed by atoms with Crippen LogP contribution in [0.15, 0.2) is 23.1 Å². The molecular formula is C16H22ClNO4S. The Kier molecular flexibility index (Phi) is 5.70. The second kappa shape index (κ2) is 7.20. The van der Waals surface area contributed by atoms with Crippen LogP contribution in [0.4, 0.5) is 0 Å². The molecule has 0 amide bonds. The molecule has 7 heteroatoms. The van der Waals surface area contributed by atoms with Gasteiger partial charge in [-0.3, -0.25) is 4.79 Å². The summed E-state index contributed by atoms with van der Waals surface area (Å²) < 4.78 is 27.9. The highest BCUT2D eigenvalue weighted by atomic mass is 35.5. The Morgan fingerprint density at radius 3 is 2.39 bits per heavy atom. The lowest BCUT2D eigenvalue weighted by atomic mass is 9.87. The van der Waals surface area contributed by atoms with Gasteiger partial charge in [-0.15, -0.1) is 0 Å². The second-order valence-corrected chi connectivity index (χ2v) is 8.44. The summed E-state index contributed by atoms with van der Waals surface area (Å²) in [4.78, 5) is 11.0. The Hall–Kier alpha value is -1.11. The molecule has 23 heavy (non-hydrogen) atoms. The van der Waals surface area contributed by atoms with E-state index in [1.165, 1.54) is 0 Å². The first-order valence-electron chi connectivity index (χ1n) is 7.75. The molecule has 0 spiro atoms. The van der Waals surface area contributed by atoms with Crippen LogP contribution in [0.1, 0.15) is 51.0 Å². The van der Waals surface area contributed by atoms with Crippen molar-refractivity contribution in [1.29, 1.82) is 0 Å². The van der Waals surface area contributed by atoms with E-state index in [1.807, 2.05) is 19.9 Å². The third-order valence-electron chi connectivity index (χ3n) is 4.31. The summed E-state index contributed by atoms with van der Waals surface area (Å²) in [5, 5.41) is 9.19. The molecular weight excluding hydrogens is 338 g/mol. The number of aliphatic carboxylic acids is 1. The number of carboxylic acid groups (broad SMARTS) is 1. The van der Waals surface area contributed by atoms with Gasteiger partial charge in [-0.25, -0.2) is 13.1 Å². The van der Waals surface area contributed by atoms with Crippen LogP contribution in [0, 0.1) is 5.92 Å². The monoisotopic (exact) mass is 359 g/mol. The first-order chi connectivity index (χ1) is 10.7. The van der Waals surface area contributed by atoms with Crippen molar-refractivity contribution >= 4 is 27.6 Å². The molecule has 1 aliphatic carbocycles. The zero-order valence-electron chi connectivity index (χ0n) is 13.3. The molecule has 2 rings (SSSR count).